The molecule has 42 heavy (non-hydrogen) atoms. The van der Waals surface area contributed by atoms with Gasteiger partial charge in [-0.25, -0.2) is 15.0 Å². The van der Waals surface area contributed by atoms with E-state index in [0.717, 1.165) is 78.7 Å². The molecule has 0 aliphatic carbocycles. The fourth-order valence-electron chi connectivity index (χ4n) is 5.85. The Hall–Kier alpha value is -4.24. The van der Waals surface area contributed by atoms with Gasteiger partial charge < -0.3 is 19.4 Å². The number of hydrogen-bond acceptors (Lipinski definition) is 7. The van der Waals surface area contributed by atoms with E-state index in [1.54, 1.807) is 12.4 Å². The van der Waals surface area contributed by atoms with Gasteiger partial charge in [0.25, 0.3) is 5.91 Å². The standard InChI is InChI=1S/C33H38N6O3/c1-4-31-36-22(2)30(37-31)21-38-12-6-15-41-27-8-5-7-25(18-27)32-29-10-9-28(42-16-14-38)17-24(29)11-13-39(32)33(40)26-19-34-23(3)35-20-26/h5,7-10,17-20,32H,4,6,11-16,21H2,1-3H3,(H,36,37). The van der Waals surface area contributed by atoms with Crippen molar-refractivity contribution in [3.8, 4) is 11.5 Å². The Kier molecular flexibility index (Phi) is 8.19. The van der Waals surface area contributed by atoms with E-state index >= 15 is 0 Å². The highest BCUT2D eigenvalue weighted by Crippen LogP contribution is 2.38. The molecule has 6 bridgehead atoms. The van der Waals surface area contributed by atoms with E-state index in [9.17, 15) is 4.79 Å². The van der Waals surface area contributed by atoms with Crippen molar-refractivity contribution in [3.05, 3.63) is 100 Å². The van der Waals surface area contributed by atoms with Crippen LogP contribution in [-0.4, -0.2) is 68.5 Å². The molecule has 4 aromatic rings. The Labute approximate surface area is 246 Å². The van der Waals surface area contributed by atoms with Gasteiger partial charge in [0.05, 0.1) is 23.9 Å². The molecule has 1 unspecified atom stereocenters. The van der Waals surface area contributed by atoms with E-state index < -0.39 is 0 Å². The summed E-state index contributed by atoms with van der Waals surface area (Å²) in [5, 5.41) is 0. The van der Waals surface area contributed by atoms with Gasteiger partial charge in [-0.15, -0.1) is 0 Å². The molecule has 5 heterocycles. The van der Waals surface area contributed by atoms with Crippen molar-refractivity contribution in [3.63, 3.8) is 0 Å². The summed E-state index contributed by atoms with van der Waals surface area (Å²) in [4.78, 5) is 34.8. The molecule has 2 aromatic carbocycles. The Morgan fingerprint density at radius 2 is 1.81 bits per heavy atom. The van der Waals surface area contributed by atoms with Crippen LogP contribution in [0.1, 0.15) is 69.5 Å². The van der Waals surface area contributed by atoms with E-state index in [0.29, 0.717) is 31.1 Å². The van der Waals surface area contributed by atoms with Crippen LogP contribution in [0, 0.1) is 13.8 Å². The second-order valence-electron chi connectivity index (χ2n) is 11.0. The van der Waals surface area contributed by atoms with Crippen LogP contribution in [0.2, 0.25) is 0 Å². The zero-order valence-electron chi connectivity index (χ0n) is 24.6. The molecule has 0 saturated heterocycles. The minimum absolute atomic E-state index is 0.0787. The summed E-state index contributed by atoms with van der Waals surface area (Å²) in [6.07, 6.45) is 5.73. The highest BCUT2D eigenvalue weighted by Gasteiger charge is 2.33. The van der Waals surface area contributed by atoms with E-state index in [2.05, 4.69) is 58.0 Å². The van der Waals surface area contributed by atoms with Crippen LogP contribution < -0.4 is 9.47 Å². The predicted octanol–water partition coefficient (Wildman–Crippen LogP) is 4.83. The smallest absolute Gasteiger partial charge is 0.257 e. The zero-order chi connectivity index (χ0) is 29.1. The van der Waals surface area contributed by atoms with Gasteiger partial charge in [-0.05, 0) is 67.6 Å². The van der Waals surface area contributed by atoms with Crippen LogP contribution in [0.25, 0.3) is 0 Å². The van der Waals surface area contributed by atoms with E-state index in [1.165, 1.54) is 5.56 Å². The maximum absolute atomic E-state index is 13.8. The van der Waals surface area contributed by atoms with Gasteiger partial charge in [0.1, 0.15) is 29.8 Å². The minimum Gasteiger partial charge on any atom is -0.494 e. The number of carbonyl (C=O) groups is 1. The molecule has 7 rings (SSSR count). The summed E-state index contributed by atoms with van der Waals surface area (Å²) < 4.78 is 12.5. The van der Waals surface area contributed by atoms with Gasteiger partial charge in [0, 0.05) is 50.7 Å². The molecule has 0 spiro atoms. The largest absolute Gasteiger partial charge is 0.494 e. The number of nitrogens with zero attached hydrogens (tertiary/aromatic N) is 5. The summed E-state index contributed by atoms with van der Waals surface area (Å²) in [5.74, 6) is 3.25. The van der Waals surface area contributed by atoms with Crippen LogP contribution in [0.15, 0.2) is 54.9 Å². The third kappa shape index (κ3) is 6.01. The van der Waals surface area contributed by atoms with Gasteiger partial charge in [0.15, 0.2) is 0 Å². The zero-order valence-corrected chi connectivity index (χ0v) is 24.6. The Balaban J connectivity index is 1.29. The van der Waals surface area contributed by atoms with Crippen molar-refractivity contribution in [2.45, 2.75) is 52.6 Å². The van der Waals surface area contributed by atoms with Gasteiger partial charge in [-0.1, -0.05) is 25.1 Å². The molecule has 1 atom stereocenters. The number of aryl methyl sites for hydroxylation is 3. The molecule has 3 aliphatic heterocycles. The summed E-state index contributed by atoms with van der Waals surface area (Å²) in [7, 11) is 0. The van der Waals surface area contributed by atoms with Crippen molar-refractivity contribution in [2.75, 3.05) is 32.8 Å². The van der Waals surface area contributed by atoms with E-state index in [4.69, 9.17) is 14.5 Å². The molecule has 9 nitrogen and oxygen atoms in total. The molecule has 1 amide bonds. The first kappa shape index (κ1) is 27.9. The molecule has 1 N–H and O–H groups in total. The lowest BCUT2D eigenvalue weighted by Crippen LogP contribution is -2.40. The van der Waals surface area contributed by atoms with Crippen molar-refractivity contribution < 1.29 is 14.3 Å². The number of fused-ring (bicyclic) bond motifs is 8. The molecular weight excluding hydrogens is 528 g/mol. The predicted molar refractivity (Wildman–Crippen MR) is 160 cm³/mol. The Morgan fingerprint density at radius 1 is 1.00 bits per heavy atom. The highest BCUT2D eigenvalue weighted by atomic mass is 16.5. The Morgan fingerprint density at radius 3 is 2.62 bits per heavy atom. The summed E-state index contributed by atoms with van der Waals surface area (Å²) >= 11 is 0. The van der Waals surface area contributed by atoms with Crippen molar-refractivity contribution in [1.29, 1.82) is 0 Å². The average molecular weight is 567 g/mol. The molecule has 0 fully saturated rings. The molecule has 0 radical (unpaired) electrons. The van der Waals surface area contributed by atoms with E-state index in [-0.39, 0.29) is 11.9 Å². The number of nitrogens with one attached hydrogen (secondary N) is 1. The summed E-state index contributed by atoms with van der Waals surface area (Å²) in [6.45, 7) is 10.2. The van der Waals surface area contributed by atoms with Gasteiger partial charge in [-0.2, -0.15) is 0 Å². The number of aromatic nitrogens is 4. The minimum atomic E-state index is -0.256. The maximum atomic E-state index is 13.8. The quantitative estimate of drug-likeness (QED) is 0.378. The van der Waals surface area contributed by atoms with Gasteiger partial charge in [0.2, 0.25) is 0 Å². The lowest BCUT2D eigenvalue weighted by atomic mass is 9.87. The number of H-pyrrole nitrogens is 1. The number of imidazole rings is 1. The third-order valence-corrected chi connectivity index (χ3v) is 8.11. The Bertz CT molecular complexity index is 1550. The maximum Gasteiger partial charge on any atom is 0.257 e. The third-order valence-electron chi connectivity index (χ3n) is 8.11. The molecular formula is C33H38N6O3. The second kappa shape index (κ2) is 12.3. The molecule has 218 valence electrons. The van der Waals surface area contributed by atoms with Gasteiger partial charge in [-0.3, -0.25) is 9.69 Å². The molecule has 9 heteroatoms. The number of ether oxygens (including phenoxy) is 2. The van der Waals surface area contributed by atoms with Crippen LogP contribution in [0.4, 0.5) is 0 Å². The monoisotopic (exact) mass is 566 g/mol. The lowest BCUT2D eigenvalue weighted by molar-refractivity contribution is 0.0693. The molecule has 0 saturated carbocycles. The number of hydrogen-bond donors (Lipinski definition) is 1. The van der Waals surface area contributed by atoms with Crippen LogP contribution in [0.3, 0.4) is 0 Å². The number of rotatable bonds is 4. The number of amides is 1. The highest BCUT2D eigenvalue weighted by molar-refractivity contribution is 5.94. The topological polar surface area (TPSA) is 96.5 Å². The van der Waals surface area contributed by atoms with Crippen molar-refractivity contribution in [1.82, 2.24) is 29.7 Å². The van der Waals surface area contributed by atoms with Crippen LogP contribution in [-0.2, 0) is 19.4 Å². The fourth-order valence-corrected chi connectivity index (χ4v) is 5.85. The number of carbonyl (C=O) groups excluding carboxylic acids is 1. The van der Waals surface area contributed by atoms with E-state index in [1.807, 2.05) is 30.0 Å². The first-order chi connectivity index (χ1) is 20.5. The van der Waals surface area contributed by atoms with Crippen molar-refractivity contribution in [2.24, 2.45) is 0 Å². The number of aromatic amines is 1. The number of benzene rings is 2. The first-order valence-corrected chi connectivity index (χ1v) is 14.8. The van der Waals surface area contributed by atoms with Gasteiger partial charge >= 0.3 is 0 Å². The van der Waals surface area contributed by atoms with Crippen LogP contribution >= 0.6 is 0 Å². The summed E-state index contributed by atoms with van der Waals surface area (Å²) in [6, 6.07) is 14.2. The average Bonchev–Trinajstić information content (AvgIpc) is 3.37. The molecule has 2 aromatic heterocycles. The SMILES string of the molecule is CCc1nc(CN2CCCOc3cccc(c3)C3c4ccc(cc4CCN3C(=O)c3cnc(C)nc3)OCC2)c(C)[nH]1. The summed E-state index contributed by atoms with van der Waals surface area (Å²) in [5.41, 5.74) is 6.01. The molecule has 3 aliphatic rings. The lowest BCUT2D eigenvalue weighted by Gasteiger charge is -2.38. The second-order valence-corrected chi connectivity index (χ2v) is 11.0. The first-order valence-electron chi connectivity index (χ1n) is 14.8. The van der Waals surface area contributed by atoms with Crippen molar-refractivity contribution >= 4 is 5.91 Å². The van der Waals surface area contributed by atoms with Crippen LogP contribution in [0.5, 0.6) is 11.5 Å². The fraction of sp³-hybridized carbons (Fsp3) is 0.394. The normalized spacial score (nSPS) is 17.5.